The molecule has 0 fully saturated rings. The van der Waals surface area contributed by atoms with Gasteiger partial charge in [0.05, 0.1) is 5.56 Å². The molecule has 3 aromatic rings. The Hall–Kier alpha value is -3.06. The van der Waals surface area contributed by atoms with Crippen LogP contribution < -0.4 is 5.32 Å². The third kappa shape index (κ3) is 5.17. The number of benzene rings is 2. The number of nitriles is 1. The summed E-state index contributed by atoms with van der Waals surface area (Å²) < 4.78 is 41.7. The molecule has 2 aromatic carbocycles. The summed E-state index contributed by atoms with van der Waals surface area (Å²) in [7, 11) is 0. The Morgan fingerprint density at radius 3 is 2.48 bits per heavy atom. The average molecular weight is 535 g/mol. The molecule has 31 heavy (non-hydrogen) atoms. The highest BCUT2D eigenvalue weighted by Crippen LogP contribution is 2.31. The number of aryl methyl sites for hydroxylation is 1. The normalized spacial score (nSPS) is 11.8. The maximum Gasteiger partial charge on any atom is 0.416 e. The number of hydrogen-bond donors (Lipinski definition) is 1. The fraction of sp³-hybridized carbons (Fsp3) is 0.130. The molecule has 0 saturated heterocycles. The third-order valence-electron chi connectivity index (χ3n) is 4.65. The van der Waals surface area contributed by atoms with E-state index in [4.69, 9.17) is 0 Å². The molecule has 0 saturated carbocycles. The van der Waals surface area contributed by atoms with Crippen LogP contribution >= 0.6 is 22.6 Å². The number of hydrogen-bond acceptors (Lipinski definition) is 2. The number of carbonyl (C=O) groups is 1. The largest absolute Gasteiger partial charge is 0.416 e. The summed E-state index contributed by atoms with van der Waals surface area (Å²) in [6.45, 7) is 3.79. The lowest BCUT2D eigenvalue weighted by Crippen LogP contribution is -2.14. The molecule has 1 N–H and O–H groups in total. The van der Waals surface area contributed by atoms with E-state index < -0.39 is 17.6 Å². The minimum absolute atomic E-state index is 0.0368. The van der Waals surface area contributed by atoms with Gasteiger partial charge in [-0.05, 0) is 90.5 Å². The van der Waals surface area contributed by atoms with Crippen molar-refractivity contribution in [2.45, 2.75) is 20.0 Å². The fourth-order valence-electron chi connectivity index (χ4n) is 3.22. The summed E-state index contributed by atoms with van der Waals surface area (Å²) in [6.07, 6.45) is -3.09. The highest BCUT2D eigenvalue weighted by Gasteiger charge is 2.30. The van der Waals surface area contributed by atoms with Crippen molar-refractivity contribution in [3.05, 3.63) is 86.3 Å². The van der Waals surface area contributed by atoms with Crippen LogP contribution in [0.4, 0.5) is 18.9 Å². The number of carbonyl (C=O) groups excluding carboxylic acids is 1. The highest BCUT2D eigenvalue weighted by molar-refractivity contribution is 14.1. The van der Waals surface area contributed by atoms with Gasteiger partial charge in [-0.15, -0.1) is 0 Å². The van der Waals surface area contributed by atoms with Crippen molar-refractivity contribution < 1.29 is 18.0 Å². The molecule has 3 rings (SSSR count). The van der Waals surface area contributed by atoms with E-state index in [-0.39, 0.29) is 11.3 Å². The molecule has 0 bridgehead atoms. The Morgan fingerprint density at radius 1 is 1.13 bits per heavy atom. The maximum atomic E-state index is 12.9. The molecule has 0 aliphatic heterocycles. The van der Waals surface area contributed by atoms with E-state index in [9.17, 15) is 23.2 Å². The van der Waals surface area contributed by atoms with Gasteiger partial charge in [0.25, 0.3) is 5.91 Å². The molecule has 1 aromatic heterocycles. The molecule has 0 radical (unpaired) electrons. The molecule has 1 amide bonds. The summed E-state index contributed by atoms with van der Waals surface area (Å²) >= 11 is 2.22. The fourth-order valence-corrected chi connectivity index (χ4v) is 3.75. The smallest absolute Gasteiger partial charge is 0.321 e. The van der Waals surface area contributed by atoms with Crippen molar-refractivity contribution >= 4 is 40.3 Å². The van der Waals surface area contributed by atoms with E-state index >= 15 is 0 Å². The maximum absolute atomic E-state index is 12.9. The molecule has 0 unspecified atom stereocenters. The van der Waals surface area contributed by atoms with Gasteiger partial charge in [-0.3, -0.25) is 4.79 Å². The molecule has 4 nitrogen and oxygen atoms in total. The topological polar surface area (TPSA) is 57.8 Å². The van der Waals surface area contributed by atoms with E-state index in [1.165, 1.54) is 18.2 Å². The van der Waals surface area contributed by atoms with Crippen molar-refractivity contribution in [2.24, 2.45) is 0 Å². The van der Waals surface area contributed by atoms with E-state index in [1.54, 1.807) is 0 Å². The monoisotopic (exact) mass is 535 g/mol. The average Bonchev–Trinajstić information content (AvgIpc) is 2.98. The quantitative estimate of drug-likeness (QED) is 0.244. The molecular weight excluding hydrogens is 518 g/mol. The Labute approximate surface area is 191 Å². The molecule has 0 spiro atoms. The van der Waals surface area contributed by atoms with Crippen molar-refractivity contribution in [1.82, 2.24) is 4.57 Å². The number of alkyl halides is 3. The van der Waals surface area contributed by atoms with Gasteiger partial charge in [-0.1, -0.05) is 12.1 Å². The number of amides is 1. The zero-order valence-corrected chi connectivity index (χ0v) is 18.7. The van der Waals surface area contributed by atoms with Gasteiger partial charge in [-0.25, -0.2) is 0 Å². The van der Waals surface area contributed by atoms with Gasteiger partial charge in [0, 0.05) is 26.3 Å². The second kappa shape index (κ2) is 8.98. The minimum Gasteiger partial charge on any atom is -0.321 e. The summed E-state index contributed by atoms with van der Waals surface area (Å²) in [5.41, 5.74) is 2.25. The first kappa shape index (κ1) is 22.6. The Balaban J connectivity index is 1.91. The Morgan fingerprint density at radius 2 is 1.84 bits per heavy atom. The van der Waals surface area contributed by atoms with Gasteiger partial charge in [0.1, 0.15) is 11.6 Å². The summed E-state index contributed by atoms with van der Waals surface area (Å²) in [5, 5.41) is 11.8. The number of nitrogens with zero attached hydrogens (tertiary/aromatic N) is 2. The molecule has 1 heterocycles. The van der Waals surface area contributed by atoms with Crippen molar-refractivity contribution in [3.8, 4) is 11.8 Å². The lowest BCUT2D eigenvalue weighted by Gasteiger charge is -2.10. The van der Waals surface area contributed by atoms with Gasteiger partial charge in [0.15, 0.2) is 0 Å². The summed E-state index contributed by atoms with van der Waals surface area (Å²) in [6, 6.07) is 15.9. The minimum atomic E-state index is -4.53. The lowest BCUT2D eigenvalue weighted by atomic mass is 10.1. The van der Waals surface area contributed by atoms with Crippen LogP contribution in [0.5, 0.6) is 0 Å². The second-order valence-corrected chi connectivity index (χ2v) is 8.09. The number of rotatable bonds is 4. The van der Waals surface area contributed by atoms with Gasteiger partial charge in [0.2, 0.25) is 0 Å². The third-order valence-corrected chi connectivity index (χ3v) is 5.32. The Kier molecular flexibility index (Phi) is 6.55. The first-order valence-corrected chi connectivity index (χ1v) is 10.2. The predicted molar refractivity (Wildman–Crippen MR) is 122 cm³/mol. The van der Waals surface area contributed by atoms with Crippen LogP contribution in [0, 0.1) is 28.7 Å². The standard InChI is InChI=1S/C23H17F3IN3O/c1-14-9-16(15(2)30(14)21-8-4-6-19(27)12-21)10-17(13-28)22(31)29-20-7-3-5-18(11-20)23(24,25)26/h3-12H,1-2H3,(H,29,31)/b17-10-. The SMILES string of the molecule is Cc1cc(/C=C(/C#N)C(=O)Nc2cccc(C(F)(F)F)c2)c(C)n1-c1cccc(I)c1. The van der Waals surface area contributed by atoms with Crippen LogP contribution in [-0.4, -0.2) is 10.5 Å². The summed E-state index contributed by atoms with van der Waals surface area (Å²) in [4.78, 5) is 12.5. The van der Waals surface area contributed by atoms with Gasteiger partial charge in [-0.2, -0.15) is 18.4 Å². The van der Waals surface area contributed by atoms with E-state index in [2.05, 4.69) is 27.9 Å². The number of halogens is 4. The van der Waals surface area contributed by atoms with Crippen molar-refractivity contribution in [3.63, 3.8) is 0 Å². The van der Waals surface area contributed by atoms with Gasteiger partial charge < -0.3 is 9.88 Å². The van der Waals surface area contributed by atoms with Crippen LogP contribution in [0.3, 0.4) is 0 Å². The van der Waals surface area contributed by atoms with E-state index in [0.29, 0.717) is 5.56 Å². The highest BCUT2D eigenvalue weighted by atomic mass is 127. The van der Waals surface area contributed by atoms with Crippen LogP contribution in [0.2, 0.25) is 0 Å². The lowest BCUT2D eigenvalue weighted by molar-refractivity contribution is -0.137. The zero-order chi connectivity index (χ0) is 22.8. The number of anilines is 1. The molecule has 158 valence electrons. The van der Waals surface area contributed by atoms with Crippen LogP contribution in [0.1, 0.15) is 22.5 Å². The molecule has 0 atom stereocenters. The zero-order valence-electron chi connectivity index (χ0n) is 16.6. The second-order valence-electron chi connectivity index (χ2n) is 6.84. The van der Waals surface area contributed by atoms with Crippen LogP contribution in [-0.2, 0) is 11.0 Å². The van der Waals surface area contributed by atoms with Crippen molar-refractivity contribution in [1.29, 1.82) is 5.26 Å². The molecule has 8 heteroatoms. The van der Waals surface area contributed by atoms with E-state index in [0.717, 1.165) is 32.8 Å². The number of aromatic nitrogens is 1. The van der Waals surface area contributed by atoms with Crippen LogP contribution in [0.25, 0.3) is 11.8 Å². The number of nitrogens with one attached hydrogen (secondary N) is 1. The predicted octanol–water partition coefficient (Wildman–Crippen LogP) is 6.26. The molecular formula is C23H17F3IN3O. The van der Waals surface area contributed by atoms with Gasteiger partial charge >= 0.3 is 6.18 Å². The van der Waals surface area contributed by atoms with Crippen LogP contribution in [0.15, 0.2) is 60.2 Å². The Bertz CT molecular complexity index is 1220. The summed E-state index contributed by atoms with van der Waals surface area (Å²) in [5.74, 6) is -0.777. The molecule has 0 aliphatic carbocycles. The first-order valence-electron chi connectivity index (χ1n) is 9.15. The molecule has 0 aliphatic rings. The first-order chi connectivity index (χ1) is 14.6. The van der Waals surface area contributed by atoms with Crippen molar-refractivity contribution in [2.75, 3.05) is 5.32 Å². The van der Waals surface area contributed by atoms with E-state index in [1.807, 2.05) is 54.8 Å².